The summed E-state index contributed by atoms with van der Waals surface area (Å²) in [6.07, 6.45) is 1.63. The Bertz CT molecular complexity index is 1020. The third kappa shape index (κ3) is 4.20. The Hall–Kier alpha value is -3.49. The van der Waals surface area contributed by atoms with E-state index < -0.39 is 5.97 Å². The Labute approximate surface area is 154 Å². The standard InChI is InChI=1S/C18H19N5O4/c1-22(2)15(24)11-27-16(25)9-8-14-20-17-13(18(26)21-14)10-19-23(17)12-6-4-3-5-7-12/h3-7,10H,8-9,11H2,1-2H3,(H,20,21,26). The number of aromatic amines is 1. The smallest absolute Gasteiger partial charge is 0.306 e. The molecule has 0 bridgehead atoms. The minimum absolute atomic E-state index is 0.00533. The zero-order valence-corrected chi connectivity index (χ0v) is 15.0. The summed E-state index contributed by atoms with van der Waals surface area (Å²) in [6, 6.07) is 9.32. The second-order valence-electron chi connectivity index (χ2n) is 6.09. The van der Waals surface area contributed by atoms with Gasteiger partial charge in [-0.05, 0) is 12.1 Å². The number of esters is 1. The van der Waals surface area contributed by atoms with Crippen LogP contribution in [0.3, 0.4) is 0 Å². The molecule has 9 heteroatoms. The summed E-state index contributed by atoms with van der Waals surface area (Å²) in [5.74, 6) is -0.492. The average molecular weight is 369 g/mol. The number of carbonyl (C=O) groups is 2. The van der Waals surface area contributed by atoms with Crippen LogP contribution in [0.15, 0.2) is 41.3 Å². The molecule has 27 heavy (non-hydrogen) atoms. The molecule has 0 aliphatic carbocycles. The number of benzene rings is 1. The molecule has 2 heterocycles. The van der Waals surface area contributed by atoms with E-state index >= 15 is 0 Å². The molecule has 2 aromatic heterocycles. The molecule has 9 nitrogen and oxygen atoms in total. The molecule has 0 aliphatic heterocycles. The number of carbonyl (C=O) groups excluding carboxylic acids is 2. The highest BCUT2D eigenvalue weighted by molar-refractivity contribution is 5.80. The molecule has 140 valence electrons. The van der Waals surface area contributed by atoms with E-state index in [1.54, 1.807) is 18.8 Å². The zero-order valence-electron chi connectivity index (χ0n) is 15.0. The first-order chi connectivity index (χ1) is 13.0. The van der Waals surface area contributed by atoms with Crippen molar-refractivity contribution >= 4 is 22.9 Å². The fourth-order valence-electron chi connectivity index (χ4n) is 2.40. The average Bonchev–Trinajstić information content (AvgIpc) is 3.09. The minimum Gasteiger partial charge on any atom is -0.456 e. The zero-order chi connectivity index (χ0) is 19.4. The number of hydrogen-bond acceptors (Lipinski definition) is 6. The summed E-state index contributed by atoms with van der Waals surface area (Å²) in [5.41, 5.74) is 0.864. The van der Waals surface area contributed by atoms with E-state index in [-0.39, 0.29) is 30.9 Å². The van der Waals surface area contributed by atoms with Gasteiger partial charge in [0, 0.05) is 20.5 Å². The van der Waals surface area contributed by atoms with Crippen molar-refractivity contribution in [3.63, 3.8) is 0 Å². The SMILES string of the molecule is CN(C)C(=O)COC(=O)CCc1nc2c(cnn2-c2ccccc2)c(=O)[nH]1. The number of fused-ring (bicyclic) bond motifs is 1. The third-order valence-corrected chi connectivity index (χ3v) is 3.91. The van der Waals surface area contributed by atoms with E-state index in [0.29, 0.717) is 16.9 Å². The molecule has 3 aromatic rings. The third-order valence-electron chi connectivity index (χ3n) is 3.91. The van der Waals surface area contributed by atoms with Crippen LogP contribution in [-0.4, -0.2) is 57.2 Å². The van der Waals surface area contributed by atoms with Gasteiger partial charge in [-0.2, -0.15) is 5.10 Å². The van der Waals surface area contributed by atoms with E-state index in [1.807, 2.05) is 30.3 Å². The van der Waals surface area contributed by atoms with Crippen LogP contribution in [0.2, 0.25) is 0 Å². The van der Waals surface area contributed by atoms with Crippen LogP contribution in [0.25, 0.3) is 16.7 Å². The van der Waals surface area contributed by atoms with Crippen molar-refractivity contribution in [2.45, 2.75) is 12.8 Å². The van der Waals surface area contributed by atoms with Crippen LogP contribution < -0.4 is 5.56 Å². The van der Waals surface area contributed by atoms with Gasteiger partial charge in [-0.3, -0.25) is 14.4 Å². The van der Waals surface area contributed by atoms with Crippen LogP contribution in [0.5, 0.6) is 0 Å². The number of nitrogens with zero attached hydrogens (tertiary/aromatic N) is 4. The van der Waals surface area contributed by atoms with Crippen molar-refractivity contribution in [1.29, 1.82) is 0 Å². The van der Waals surface area contributed by atoms with Crippen LogP contribution >= 0.6 is 0 Å². The number of amides is 1. The molecule has 0 atom stereocenters. The monoisotopic (exact) mass is 369 g/mol. The molecule has 0 radical (unpaired) electrons. The molecule has 1 amide bonds. The maximum Gasteiger partial charge on any atom is 0.306 e. The van der Waals surface area contributed by atoms with E-state index in [9.17, 15) is 14.4 Å². The quantitative estimate of drug-likeness (QED) is 0.640. The predicted molar refractivity (Wildman–Crippen MR) is 97.5 cm³/mol. The molecule has 0 aliphatic rings. The van der Waals surface area contributed by atoms with Gasteiger partial charge in [-0.15, -0.1) is 0 Å². The topological polar surface area (TPSA) is 110 Å². The number of likely N-dealkylation sites (N-methyl/N-ethyl adjacent to an activating group) is 1. The summed E-state index contributed by atoms with van der Waals surface area (Å²) in [6.45, 7) is -0.310. The Balaban J connectivity index is 1.75. The summed E-state index contributed by atoms with van der Waals surface area (Å²) >= 11 is 0. The normalized spacial score (nSPS) is 10.7. The van der Waals surface area contributed by atoms with Gasteiger partial charge in [0.15, 0.2) is 12.3 Å². The maximum atomic E-state index is 12.3. The van der Waals surface area contributed by atoms with E-state index in [1.165, 1.54) is 11.1 Å². The summed E-state index contributed by atoms with van der Waals surface area (Å²) in [7, 11) is 3.16. The first-order valence-corrected chi connectivity index (χ1v) is 8.34. The molecule has 0 fully saturated rings. The van der Waals surface area contributed by atoms with Gasteiger partial charge >= 0.3 is 5.97 Å². The Morgan fingerprint density at radius 1 is 1.22 bits per heavy atom. The van der Waals surface area contributed by atoms with Gasteiger partial charge in [0.25, 0.3) is 11.5 Å². The molecule has 0 spiro atoms. The lowest BCUT2D eigenvalue weighted by atomic mass is 10.3. The molecule has 0 saturated carbocycles. The highest BCUT2D eigenvalue weighted by atomic mass is 16.5. The first-order valence-electron chi connectivity index (χ1n) is 8.34. The number of rotatable bonds is 6. The van der Waals surface area contributed by atoms with Crippen molar-refractivity contribution in [3.05, 3.63) is 52.7 Å². The summed E-state index contributed by atoms with van der Waals surface area (Å²) < 4.78 is 6.49. The van der Waals surface area contributed by atoms with Crippen LogP contribution in [-0.2, 0) is 20.7 Å². The molecular weight excluding hydrogens is 350 g/mol. The van der Waals surface area contributed by atoms with Crippen molar-refractivity contribution in [1.82, 2.24) is 24.6 Å². The Morgan fingerprint density at radius 3 is 2.67 bits per heavy atom. The summed E-state index contributed by atoms with van der Waals surface area (Å²) in [5, 5.41) is 4.59. The molecule has 1 N–H and O–H groups in total. The van der Waals surface area contributed by atoms with Gasteiger partial charge in [-0.25, -0.2) is 9.67 Å². The molecular formula is C18H19N5O4. The Morgan fingerprint density at radius 2 is 1.96 bits per heavy atom. The molecule has 3 rings (SSSR count). The Kier molecular flexibility index (Phi) is 5.30. The highest BCUT2D eigenvalue weighted by Gasteiger charge is 2.14. The number of nitrogens with one attached hydrogen (secondary N) is 1. The number of ether oxygens (including phenoxy) is 1. The first kappa shape index (κ1) is 18.3. The van der Waals surface area contributed by atoms with Crippen LogP contribution in [0.1, 0.15) is 12.2 Å². The number of H-pyrrole nitrogens is 1. The van der Waals surface area contributed by atoms with Gasteiger partial charge in [-0.1, -0.05) is 18.2 Å². The lowest BCUT2D eigenvalue weighted by Crippen LogP contribution is -2.27. The summed E-state index contributed by atoms with van der Waals surface area (Å²) in [4.78, 5) is 43.9. The second kappa shape index (κ2) is 7.81. The largest absolute Gasteiger partial charge is 0.456 e. The van der Waals surface area contributed by atoms with Gasteiger partial charge in [0.1, 0.15) is 11.2 Å². The van der Waals surface area contributed by atoms with E-state index in [4.69, 9.17) is 4.74 Å². The van der Waals surface area contributed by atoms with E-state index in [0.717, 1.165) is 5.69 Å². The molecule has 0 saturated heterocycles. The van der Waals surface area contributed by atoms with Gasteiger partial charge < -0.3 is 14.6 Å². The van der Waals surface area contributed by atoms with Crippen LogP contribution in [0.4, 0.5) is 0 Å². The number of aryl methyl sites for hydroxylation is 1. The number of aromatic nitrogens is 4. The predicted octanol–water partition coefficient (Wildman–Crippen LogP) is 0.673. The highest BCUT2D eigenvalue weighted by Crippen LogP contribution is 2.13. The number of para-hydroxylation sites is 1. The molecule has 1 aromatic carbocycles. The lowest BCUT2D eigenvalue weighted by molar-refractivity contribution is -0.151. The second-order valence-corrected chi connectivity index (χ2v) is 6.09. The fraction of sp³-hybridized carbons (Fsp3) is 0.278. The lowest BCUT2D eigenvalue weighted by Gasteiger charge is -2.10. The fourth-order valence-corrected chi connectivity index (χ4v) is 2.40. The minimum atomic E-state index is -0.537. The van der Waals surface area contributed by atoms with Gasteiger partial charge in [0.2, 0.25) is 0 Å². The van der Waals surface area contributed by atoms with E-state index in [2.05, 4.69) is 15.1 Å². The van der Waals surface area contributed by atoms with Crippen molar-refractivity contribution in [3.8, 4) is 5.69 Å². The molecule has 0 unspecified atom stereocenters. The van der Waals surface area contributed by atoms with Crippen molar-refractivity contribution in [2.24, 2.45) is 0 Å². The van der Waals surface area contributed by atoms with Gasteiger partial charge in [0.05, 0.1) is 18.3 Å². The maximum absolute atomic E-state index is 12.3. The number of hydrogen-bond donors (Lipinski definition) is 1. The van der Waals surface area contributed by atoms with Crippen molar-refractivity contribution in [2.75, 3.05) is 20.7 Å². The van der Waals surface area contributed by atoms with Crippen LogP contribution in [0, 0.1) is 0 Å². The van der Waals surface area contributed by atoms with Crippen molar-refractivity contribution < 1.29 is 14.3 Å².